The Morgan fingerprint density at radius 1 is 1.04 bits per heavy atom. The van der Waals surface area contributed by atoms with Gasteiger partial charge in [-0.15, -0.1) is 0 Å². The number of ether oxygens (including phenoxy) is 2. The number of alkyl halides is 2. The summed E-state index contributed by atoms with van der Waals surface area (Å²) in [6, 6.07) is 13.1. The first kappa shape index (κ1) is 16.5. The average molecular weight is 322 g/mol. The van der Waals surface area contributed by atoms with Crippen LogP contribution in [0.2, 0.25) is 0 Å². The number of benzene rings is 2. The molecule has 122 valence electrons. The molecule has 0 bridgehead atoms. The lowest BCUT2D eigenvalue weighted by Gasteiger charge is -2.13. The third kappa shape index (κ3) is 4.84. The Morgan fingerprint density at radius 3 is 2.30 bits per heavy atom. The van der Waals surface area contributed by atoms with Gasteiger partial charge in [0.2, 0.25) is 5.91 Å². The SMILES string of the molecule is COc1ccccc1NCC(=O)Nc1ccccc1OC(F)F. The predicted octanol–water partition coefficient (Wildman–Crippen LogP) is 3.35. The second-order valence-corrected chi connectivity index (χ2v) is 4.48. The van der Waals surface area contributed by atoms with Gasteiger partial charge in [0.15, 0.2) is 0 Å². The predicted molar refractivity (Wildman–Crippen MR) is 83.2 cm³/mol. The molecule has 0 atom stereocenters. The molecule has 0 aliphatic rings. The Kier molecular flexibility index (Phi) is 5.74. The molecule has 2 aromatic carbocycles. The van der Waals surface area contributed by atoms with Crippen LogP contribution in [0.4, 0.5) is 20.2 Å². The molecule has 5 nitrogen and oxygen atoms in total. The van der Waals surface area contributed by atoms with Crippen LogP contribution in [-0.2, 0) is 4.79 Å². The van der Waals surface area contributed by atoms with Crippen LogP contribution < -0.4 is 20.1 Å². The van der Waals surface area contributed by atoms with E-state index in [2.05, 4.69) is 15.4 Å². The van der Waals surface area contributed by atoms with Gasteiger partial charge in [0, 0.05) is 0 Å². The van der Waals surface area contributed by atoms with Crippen LogP contribution in [0, 0.1) is 0 Å². The number of halogens is 2. The zero-order valence-corrected chi connectivity index (χ0v) is 12.4. The van der Waals surface area contributed by atoms with Crippen molar-refractivity contribution in [2.45, 2.75) is 6.61 Å². The smallest absolute Gasteiger partial charge is 0.387 e. The molecule has 0 saturated carbocycles. The minimum absolute atomic E-state index is 0.0522. The van der Waals surface area contributed by atoms with Crippen molar-refractivity contribution < 1.29 is 23.0 Å². The largest absolute Gasteiger partial charge is 0.495 e. The van der Waals surface area contributed by atoms with Crippen molar-refractivity contribution in [3.63, 3.8) is 0 Å². The number of methoxy groups -OCH3 is 1. The van der Waals surface area contributed by atoms with E-state index in [0.29, 0.717) is 11.4 Å². The van der Waals surface area contributed by atoms with Crippen LogP contribution in [0.15, 0.2) is 48.5 Å². The summed E-state index contributed by atoms with van der Waals surface area (Å²) in [5.74, 6) is 0.107. The molecule has 23 heavy (non-hydrogen) atoms. The van der Waals surface area contributed by atoms with E-state index in [1.807, 2.05) is 6.07 Å². The molecule has 7 heteroatoms. The third-order valence-corrected chi connectivity index (χ3v) is 2.92. The average Bonchev–Trinajstić information content (AvgIpc) is 2.54. The fraction of sp³-hybridized carbons (Fsp3) is 0.188. The lowest BCUT2D eigenvalue weighted by atomic mass is 10.2. The van der Waals surface area contributed by atoms with Crippen LogP contribution in [0.5, 0.6) is 11.5 Å². The van der Waals surface area contributed by atoms with Gasteiger partial charge in [-0.3, -0.25) is 4.79 Å². The maximum Gasteiger partial charge on any atom is 0.387 e. The molecule has 0 aliphatic heterocycles. The second-order valence-electron chi connectivity index (χ2n) is 4.48. The standard InChI is InChI=1S/C16H16F2N2O3/c1-22-13-8-4-2-6-11(13)19-10-15(21)20-12-7-3-5-9-14(12)23-16(17)18/h2-9,16,19H,10H2,1H3,(H,20,21). The Bertz CT molecular complexity index is 665. The van der Waals surface area contributed by atoms with Gasteiger partial charge in [-0.2, -0.15) is 8.78 Å². The summed E-state index contributed by atoms with van der Waals surface area (Å²) in [7, 11) is 1.53. The number of hydrogen-bond acceptors (Lipinski definition) is 4. The van der Waals surface area contributed by atoms with E-state index in [-0.39, 0.29) is 18.0 Å². The maximum absolute atomic E-state index is 12.3. The van der Waals surface area contributed by atoms with E-state index in [0.717, 1.165) is 0 Å². The van der Waals surface area contributed by atoms with Crippen molar-refractivity contribution in [3.8, 4) is 11.5 Å². The highest BCUT2D eigenvalue weighted by Crippen LogP contribution is 2.26. The number of rotatable bonds is 7. The van der Waals surface area contributed by atoms with E-state index in [4.69, 9.17) is 4.74 Å². The maximum atomic E-state index is 12.3. The molecule has 2 rings (SSSR count). The van der Waals surface area contributed by atoms with Gasteiger partial charge >= 0.3 is 6.61 Å². The molecule has 2 aromatic rings. The first-order chi connectivity index (χ1) is 11.1. The van der Waals surface area contributed by atoms with E-state index in [1.165, 1.54) is 19.2 Å². The highest BCUT2D eigenvalue weighted by molar-refractivity contribution is 5.95. The minimum atomic E-state index is -2.96. The molecule has 0 unspecified atom stereocenters. The van der Waals surface area contributed by atoms with Crippen molar-refractivity contribution in [1.29, 1.82) is 0 Å². The van der Waals surface area contributed by atoms with E-state index in [1.54, 1.807) is 30.3 Å². The van der Waals surface area contributed by atoms with Gasteiger partial charge in [-0.1, -0.05) is 24.3 Å². The van der Waals surface area contributed by atoms with Crippen molar-refractivity contribution in [1.82, 2.24) is 0 Å². The summed E-state index contributed by atoms with van der Waals surface area (Å²) < 4.78 is 34.2. The molecule has 0 aliphatic carbocycles. The van der Waals surface area contributed by atoms with Crippen LogP contribution in [0.1, 0.15) is 0 Å². The van der Waals surface area contributed by atoms with Crippen LogP contribution in [0.3, 0.4) is 0 Å². The van der Waals surface area contributed by atoms with Gasteiger partial charge in [0.1, 0.15) is 11.5 Å². The Labute approximate surface area is 132 Å². The fourth-order valence-electron chi connectivity index (χ4n) is 1.93. The van der Waals surface area contributed by atoms with Gasteiger partial charge in [-0.05, 0) is 24.3 Å². The molecular weight excluding hydrogens is 306 g/mol. The summed E-state index contributed by atoms with van der Waals surface area (Å²) in [5.41, 5.74) is 0.835. The zero-order valence-electron chi connectivity index (χ0n) is 12.4. The molecule has 0 saturated heterocycles. The number of amides is 1. The molecule has 0 spiro atoms. The highest BCUT2D eigenvalue weighted by Gasteiger charge is 2.11. The van der Waals surface area contributed by atoms with Crippen molar-refractivity contribution in [3.05, 3.63) is 48.5 Å². The Balaban J connectivity index is 1.97. The number of hydrogen-bond donors (Lipinski definition) is 2. The minimum Gasteiger partial charge on any atom is -0.495 e. The van der Waals surface area contributed by atoms with E-state index in [9.17, 15) is 13.6 Å². The Hall–Kier alpha value is -2.83. The molecule has 0 fully saturated rings. The first-order valence-electron chi connectivity index (χ1n) is 6.80. The van der Waals surface area contributed by atoms with Gasteiger partial charge in [0.05, 0.1) is 25.0 Å². The topological polar surface area (TPSA) is 59.6 Å². The first-order valence-corrected chi connectivity index (χ1v) is 6.80. The molecular formula is C16H16F2N2O3. The summed E-state index contributed by atoms with van der Waals surface area (Å²) in [5, 5.41) is 5.44. The number of para-hydroxylation sites is 4. The molecule has 2 N–H and O–H groups in total. The highest BCUT2D eigenvalue weighted by atomic mass is 19.3. The monoisotopic (exact) mass is 322 g/mol. The van der Waals surface area contributed by atoms with Crippen LogP contribution in [0.25, 0.3) is 0 Å². The summed E-state index contributed by atoms with van der Waals surface area (Å²) >= 11 is 0. The lowest BCUT2D eigenvalue weighted by Crippen LogP contribution is -2.22. The quantitative estimate of drug-likeness (QED) is 0.821. The van der Waals surface area contributed by atoms with Gasteiger partial charge in [0.25, 0.3) is 0 Å². The fourth-order valence-corrected chi connectivity index (χ4v) is 1.93. The third-order valence-electron chi connectivity index (χ3n) is 2.92. The normalized spacial score (nSPS) is 10.3. The van der Waals surface area contributed by atoms with Crippen molar-refractivity contribution in [2.75, 3.05) is 24.3 Å². The summed E-state index contributed by atoms with van der Waals surface area (Å²) in [6.45, 7) is -3.01. The Morgan fingerprint density at radius 2 is 1.65 bits per heavy atom. The second kappa shape index (κ2) is 7.98. The molecule has 0 aromatic heterocycles. The zero-order chi connectivity index (χ0) is 16.7. The van der Waals surface area contributed by atoms with Crippen LogP contribution in [-0.4, -0.2) is 26.2 Å². The van der Waals surface area contributed by atoms with Gasteiger partial charge in [-0.25, -0.2) is 0 Å². The molecule has 1 amide bonds. The number of nitrogens with one attached hydrogen (secondary N) is 2. The van der Waals surface area contributed by atoms with Gasteiger partial charge < -0.3 is 20.1 Å². The van der Waals surface area contributed by atoms with Crippen molar-refractivity contribution in [2.24, 2.45) is 0 Å². The summed E-state index contributed by atoms with van der Waals surface area (Å²) in [6.07, 6.45) is 0. The van der Waals surface area contributed by atoms with Crippen molar-refractivity contribution >= 4 is 17.3 Å². The number of anilines is 2. The van der Waals surface area contributed by atoms with E-state index < -0.39 is 12.5 Å². The lowest BCUT2D eigenvalue weighted by molar-refractivity contribution is -0.114. The number of carbonyl (C=O) groups excluding carboxylic acids is 1. The molecule has 0 radical (unpaired) electrons. The van der Waals surface area contributed by atoms with E-state index >= 15 is 0 Å². The summed E-state index contributed by atoms with van der Waals surface area (Å²) in [4.78, 5) is 12.0. The van der Waals surface area contributed by atoms with Crippen LogP contribution >= 0.6 is 0 Å². The number of carbonyl (C=O) groups is 1. The molecule has 0 heterocycles.